The van der Waals surface area contributed by atoms with Crippen molar-refractivity contribution in [2.24, 2.45) is 0 Å². The van der Waals surface area contributed by atoms with Gasteiger partial charge in [-0.2, -0.15) is 13.2 Å². The number of benzene rings is 3. The minimum absolute atomic E-state index is 0.0272. The molecule has 0 bridgehead atoms. The van der Waals surface area contributed by atoms with Gasteiger partial charge >= 0.3 is 6.18 Å². The minimum Gasteiger partial charge on any atom is -0.294 e. The molecule has 1 unspecified atom stereocenters. The van der Waals surface area contributed by atoms with Gasteiger partial charge in [-0.05, 0) is 59.5 Å². The molecular formula is C29H24F3NO3S. The summed E-state index contributed by atoms with van der Waals surface area (Å²) < 4.78 is 65.2. The second-order valence-electron chi connectivity index (χ2n) is 8.87. The molecule has 4 nitrogen and oxygen atoms in total. The van der Waals surface area contributed by atoms with E-state index in [1.807, 2.05) is 0 Å². The molecule has 1 aromatic heterocycles. The van der Waals surface area contributed by atoms with Gasteiger partial charge in [-0.25, -0.2) is 8.42 Å². The van der Waals surface area contributed by atoms with Gasteiger partial charge in [0.15, 0.2) is 15.6 Å². The van der Waals surface area contributed by atoms with Crippen LogP contribution in [0.3, 0.4) is 0 Å². The molecule has 4 aromatic rings. The highest BCUT2D eigenvalue weighted by atomic mass is 32.2. The number of sulfone groups is 1. The van der Waals surface area contributed by atoms with Gasteiger partial charge in [-0.15, -0.1) is 0 Å². The van der Waals surface area contributed by atoms with Crippen molar-refractivity contribution >= 4 is 15.6 Å². The molecule has 0 aliphatic heterocycles. The Balaban J connectivity index is 1.73. The van der Waals surface area contributed by atoms with Crippen LogP contribution in [0.5, 0.6) is 0 Å². The smallest absolute Gasteiger partial charge is 0.294 e. The van der Waals surface area contributed by atoms with E-state index in [1.54, 1.807) is 55.5 Å². The van der Waals surface area contributed by atoms with Crippen LogP contribution in [0, 0.1) is 6.92 Å². The summed E-state index contributed by atoms with van der Waals surface area (Å²) in [6.45, 7) is 1.74. The van der Waals surface area contributed by atoms with Crippen LogP contribution in [0.4, 0.5) is 13.2 Å². The Morgan fingerprint density at radius 2 is 1.49 bits per heavy atom. The molecule has 0 amide bonds. The first kappa shape index (κ1) is 26.3. The summed E-state index contributed by atoms with van der Waals surface area (Å²) in [6, 6.07) is 21.8. The van der Waals surface area contributed by atoms with E-state index in [0.29, 0.717) is 16.8 Å². The molecule has 1 atom stereocenters. The molecule has 4 rings (SSSR count). The van der Waals surface area contributed by atoms with E-state index in [9.17, 15) is 26.4 Å². The van der Waals surface area contributed by atoms with Crippen molar-refractivity contribution in [3.63, 3.8) is 0 Å². The Morgan fingerprint density at radius 1 is 0.892 bits per heavy atom. The predicted molar refractivity (Wildman–Crippen MR) is 136 cm³/mol. The lowest BCUT2D eigenvalue weighted by Crippen LogP contribution is -2.16. The van der Waals surface area contributed by atoms with E-state index in [0.717, 1.165) is 23.4 Å². The molecule has 0 aliphatic rings. The Hall–Kier alpha value is -3.78. The number of hydrogen-bond donors (Lipinski definition) is 0. The summed E-state index contributed by atoms with van der Waals surface area (Å²) in [7, 11) is -3.33. The summed E-state index contributed by atoms with van der Waals surface area (Å²) in [5.74, 6) is -1.12. The fourth-order valence-corrected chi connectivity index (χ4v) is 4.92. The van der Waals surface area contributed by atoms with Gasteiger partial charge in [-0.1, -0.05) is 54.6 Å². The third kappa shape index (κ3) is 6.14. The molecule has 0 aliphatic carbocycles. The zero-order valence-corrected chi connectivity index (χ0v) is 21.0. The van der Waals surface area contributed by atoms with Crippen molar-refractivity contribution in [1.82, 2.24) is 4.98 Å². The van der Waals surface area contributed by atoms with Gasteiger partial charge in [0.25, 0.3) is 0 Å². The van der Waals surface area contributed by atoms with Crippen molar-refractivity contribution in [2.75, 3.05) is 6.26 Å². The molecule has 3 aromatic carbocycles. The number of aromatic nitrogens is 1. The van der Waals surface area contributed by atoms with Gasteiger partial charge in [-0.3, -0.25) is 9.78 Å². The second kappa shape index (κ2) is 10.3. The van der Waals surface area contributed by atoms with E-state index in [2.05, 4.69) is 4.98 Å². The van der Waals surface area contributed by atoms with Crippen molar-refractivity contribution in [1.29, 1.82) is 0 Å². The maximum atomic E-state index is 13.9. The van der Waals surface area contributed by atoms with Crippen LogP contribution >= 0.6 is 0 Å². The normalized spacial score (nSPS) is 12.8. The first-order chi connectivity index (χ1) is 17.4. The van der Waals surface area contributed by atoms with Crippen LogP contribution in [0.1, 0.15) is 45.1 Å². The number of alkyl halides is 3. The maximum absolute atomic E-state index is 13.9. The van der Waals surface area contributed by atoms with Crippen LogP contribution in [-0.4, -0.2) is 25.4 Å². The molecule has 1 heterocycles. The van der Waals surface area contributed by atoms with Crippen molar-refractivity contribution in [2.45, 2.75) is 30.3 Å². The summed E-state index contributed by atoms with van der Waals surface area (Å²) in [5.41, 5.74) is 2.37. The van der Waals surface area contributed by atoms with E-state index in [-0.39, 0.29) is 22.7 Å². The van der Waals surface area contributed by atoms with Gasteiger partial charge < -0.3 is 0 Å². The Labute approximate surface area is 213 Å². The third-order valence-corrected chi connectivity index (χ3v) is 7.31. The summed E-state index contributed by atoms with van der Waals surface area (Å²) in [5, 5.41) is 0. The highest BCUT2D eigenvalue weighted by Crippen LogP contribution is 2.40. The summed E-state index contributed by atoms with van der Waals surface area (Å²) in [4.78, 5) is 17.4. The van der Waals surface area contributed by atoms with Crippen molar-refractivity contribution in [3.05, 3.63) is 119 Å². The number of ketones is 1. The average Bonchev–Trinajstić information content (AvgIpc) is 2.86. The second-order valence-corrected chi connectivity index (χ2v) is 10.9. The number of Topliss-reactive ketones (excluding diaryl/α,β-unsaturated/α-hetero) is 1. The lowest BCUT2D eigenvalue weighted by molar-refractivity contribution is -0.138. The fourth-order valence-electron chi connectivity index (χ4n) is 4.29. The SMILES string of the molecule is Cc1cc(C(=O)CC(c2ccc(-c3ccc(S(C)(=O)=O)cc3)cc2)c2ccccc2C(F)(F)F)ccn1. The van der Waals surface area contributed by atoms with Crippen LogP contribution in [0.2, 0.25) is 0 Å². The first-order valence-electron chi connectivity index (χ1n) is 11.5. The highest BCUT2D eigenvalue weighted by Gasteiger charge is 2.36. The van der Waals surface area contributed by atoms with Crippen LogP contribution in [-0.2, 0) is 16.0 Å². The molecule has 0 spiro atoms. The number of nitrogens with zero attached hydrogens (tertiary/aromatic N) is 1. The first-order valence-corrected chi connectivity index (χ1v) is 13.3. The predicted octanol–water partition coefficient (Wildman–Crippen LogP) is 6.88. The third-order valence-electron chi connectivity index (χ3n) is 6.18. The zero-order valence-electron chi connectivity index (χ0n) is 20.2. The molecule has 0 radical (unpaired) electrons. The number of rotatable bonds is 7. The number of carbonyl (C=O) groups is 1. The van der Waals surface area contributed by atoms with Crippen LogP contribution in [0.25, 0.3) is 11.1 Å². The molecule has 0 saturated heterocycles. The van der Waals surface area contributed by atoms with Crippen LogP contribution in [0.15, 0.2) is 96.0 Å². The van der Waals surface area contributed by atoms with Gasteiger partial charge in [0.2, 0.25) is 0 Å². The minimum atomic E-state index is -4.58. The molecule has 0 fully saturated rings. The molecule has 8 heteroatoms. The molecule has 0 saturated carbocycles. The Kier molecular flexibility index (Phi) is 7.32. The number of pyridine rings is 1. The molecule has 37 heavy (non-hydrogen) atoms. The molecular weight excluding hydrogens is 499 g/mol. The van der Waals surface area contributed by atoms with Crippen molar-refractivity contribution in [3.8, 4) is 11.1 Å². The quantitative estimate of drug-likeness (QED) is 0.248. The van der Waals surface area contributed by atoms with Gasteiger partial charge in [0.05, 0.1) is 10.5 Å². The van der Waals surface area contributed by atoms with E-state index >= 15 is 0 Å². The van der Waals surface area contributed by atoms with Crippen LogP contribution < -0.4 is 0 Å². The lowest BCUT2D eigenvalue weighted by atomic mass is 9.83. The number of hydrogen-bond acceptors (Lipinski definition) is 4. The summed E-state index contributed by atoms with van der Waals surface area (Å²) in [6.07, 6.45) is -2.10. The average molecular weight is 524 g/mol. The maximum Gasteiger partial charge on any atom is 0.416 e. The lowest BCUT2D eigenvalue weighted by Gasteiger charge is -2.22. The molecule has 0 N–H and O–H groups in total. The number of aryl methyl sites for hydroxylation is 1. The van der Waals surface area contributed by atoms with Crippen molar-refractivity contribution < 1.29 is 26.4 Å². The van der Waals surface area contributed by atoms with Gasteiger partial charge in [0, 0.05) is 36.0 Å². The highest BCUT2D eigenvalue weighted by molar-refractivity contribution is 7.90. The standard InChI is InChI=1S/C29H24F3NO3S/c1-19-17-23(15-16-33-19)28(34)18-26(25-5-3-4-6-27(25)29(30,31)32)22-9-7-20(8-10-22)21-11-13-24(14-12-21)37(2,35)36/h3-17,26H,18H2,1-2H3. The largest absolute Gasteiger partial charge is 0.416 e. The Bertz CT molecular complexity index is 1530. The number of halogens is 3. The Morgan fingerprint density at radius 3 is 2.05 bits per heavy atom. The van der Waals surface area contributed by atoms with E-state index < -0.39 is 27.5 Å². The van der Waals surface area contributed by atoms with Gasteiger partial charge in [0.1, 0.15) is 0 Å². The number of carbonyl (C=O) groups excluding carboxylic acids is 1. The zero-order chi connectivity index (χ0) is 26.8. The monoisotopic (exact) mass is 523 g/mol. The van der Waals surface area contributed by atoms with E-state index in [4.69, 9.17) is 0 Å². The fraction of sp³-hybridized carbons (Fsp3) is 0.172. The summed E-state index contributed by atoms with van der Waals surface area (Å²) >= 11 is 0. The topological polar surface area (TPSA) is 64.1 Å². The molecule has 190 valence electrons. The van der Waals surface area contributed by atoms with E-state index in [1.165, 1.54) is 36.5 Å².